The second-order valence-electron chi connectivity index (χ2n) is 4.13. The molecule has 1 heterocycles. The minimum Gasteiger partial charge on any atom is -0.260 e. The fourth-order valence-electron chi connectivity index (χ4n) is 1.95. The second-order valence-corrected chi connectivity index (χ2v) is 5.00. The SMILES string of the molecule is Clc1ccc(Cn2ncc3cc(Cl)ccc32)cc1. The first-order valence-electron chi connectivity index (χ1n) is 5.58. The van der Waals surface area contributed by atoms with Gasteiger partial charge >= 0.3 is 0 Å². The first kappa shape index (κ1) is 11.6. The van der Waals surface area contributed by atoms with Gasteiger partial charge in [0.25, 0.3) is 0 Å². The molecule has 0 saturated carbocycles. The Morgan fingerprint density at radius 2 is 1.67 bits per heavy atom. The summed E-state index contributed by atoms with van der Waals surface area (Å²) in [5, 5.41) is 6.91. The predicted molar refractivity (Wildman–Crippen MR) is 75.3 cm³/mol. The first-order valence-corrected chi connectivity index (χ1v) is 6.33. The normalized spacial score (nSPS) is 11.0. The van der Waals surface area contributed by atoms with E-state index in [1.54, 1.807) is 0 Å². The lowest BCUT2D eigenvalue weighted by Crippen LogP contribution is -2.00. The van der Waals surface area contributed by atoms with Crippen molar-refractivity contribution < 1.29 is 0 Å². The molecule has 18 heavy (non-hydrogen) atoms. The van der Waals surface area contributed by atoms with Crippen LogP contribution < -0.4 is 0 Å². The van der Waals surface area contributed by atoms with E-state index < -0.39 is 0 Å². The summed E-state index contributed by atoms with van der Waals surface area (Å²) < 4.78 is 1.95. The van der Waals surface area contributed by atoms with Crippen molar-refractivity contribution in [3.05, 3.63) is 64.3 Å². The Hall–Kier alpha value is -1.51. The van der Waals surface area contributed by atoms with E-state index in [1.807, 2.05) is 53.3 Å². The first-order chi connectivity index (χ1) is 8.72. The van der Waals surface area contributed by atoms with Crippen LogP contribution in [0.1, 0.15) is 5.56 Å². The van der Waals surface area contributed by atoms with Crippen LogP contribution in [0.25, 0.3) is 10.9 Å². The molecular formula is C14H10Cl2N2. The van der Waals surface area contributed by atoms with Gasteiger partial charge in [0, 0.05) is 15.4 Å². The summed E-state index contributed by atoms with van der Waals surface area (Å²) >= 11 is 11.8. The largest absolute Gasteiger partial charge is 0.260 e. The van der Waals surface area contributed by atoms with E-state index in [1.165, 1.54) is 5.56 Å². The summed E-state index contributed by atoms with van der Waals surface area (Å²) in [5.74, 6) is 0. The Morgan fingerprint density at radius 3 is 2.44 bits per heavy atom. The third-order valence-corrected chi connectivity index (χ3v) is 3.34. The van der Waals surface area contributed by atoms with E-state index in [0.29, 0.717) is 0 Å². The van der Waals surface area contributed by atoms with Crippen LogP contribution in [0.15, 0.2) is 48.7 Å². The molecule has 0 aliphatic rings. The summed E-state index contributed by atoms with van der Waals surface area (Å²) in [7, 11) is 0. The van der Waals surface area contributed by atoms with E-state index in [4.69, 9.17) is 23.2 Å². The predicted octanol–water partition coefficient (Wildman–Crippen LogP) is 4.39. The van der Waals surface area contributed by atoms with Crippen LogP contribution >= 0.6 is 23.2 Å². The van der Waals surface area contributed by atoms with Gasteiger partial charge in [-0.3, -0.25) is 4.68 Å². The van der Waals surface area contributed by atoms with E-state index >= 15 is 0 Å². The Labute approximate surface area is 115 Å². The zero-order valence-corrected chi connectivity index (χ0v) is 11.0. The molecule has 1 aromatic heterocycles. The lowest BCUT2D eigenvalue weighted by Gasteiger charge is -2.04. The van der Waals surface area contributed by atoms with Crippen molar-refractivity contribution in [3.8, 4) is 0 Å². The van der Waals surface area contributed by atoms with Gasteiger partial charge in [0.1, 0.15) is 0 Å². The number of aromatic nitrogens is 2. The highest BCUT2D eigenvalue weighted by Crippen LogP contribution is 2.20. The third kappa shape index (κ3) is 2.22. The lowest BCUT2D eigenvalue weighted by molar-refractivity contribution is 0.712. The molecule has 0 N–H and O–H groups in total. The molecule has 0 saturated heterocycles. The molecule has 2 aromatic carbocycles. The summed E-state index contributed by atoms with van der Waals surface area (Å²) in [6.45, 7) is 0.725. The molecule has 0 aliphatic carbocycles. The minimum absolute atomic E-state index is 0.725. The summed E-state index contributed by atoms with van der Waals surface area (Å²) in [6, 6.07) is 13.6. The summed E-state index contributed by atoms with van der Waals surface area (Å²) in [6.07, 6.45) is 1.83. The van der Waals surface area contributed by atoms with Gasteiger partial charge in [-0.1, -0.05) is 35.3 Å². The van der Waals surface area contributed by atoms with E-state index in [2.05, 4.69) is 5.10 Å². The third-order valence-electron chi connectivity index (χ3n) is 2.85. The molecule has 0 radical (unpaired) electrons. The molecule has 90 valence electrons. The van der Waals surface area contributed by atoms with E-state index in [9.17, 15) is 0 Å². The fraction of sp³-hybridized carbons (Fsp3) is 0.0714. The average molecular weight is 277 g/mol. The molecule has 0 bridgehead atoms. The van der Waals surface area contributed by atoms with Crippen LogP contribution in [0.5, 0.6) is 0 Å². The van der Waals surface area contributed by atoms with Gasteiger partial charge in [0.2, 0.25) is 0 Å². The number of nitrogens with zero attached hydrogens (tertiary/aromatic N) is 2. The molecular weight excluding hydrogens is 267 g/mol. The van der Waals surface area contributed by atoms with Gasteiger partial charge in [-0.2, -0.15) is 5.10 Å². The molecule has 0 unspecified atom stereocenters. The standard InChI is InChI=1S/C14H10Cl2N2/c15-12-3-1-10(2-4-12)9-18-14-6-5-13(16)7-11(14)8-17-18/h1-8H,9H2. The number of hydrogen-bond acceptors (Lipinski definition) is 1. The smallest absolute Gasteiger partial charge is 0.0687 e. The van der Waals surface area contributed by atoms with Crippen molar-refractivity contribution in [3.63, 3.8) is 0 Å². The highest BCUT2D eigenvalue weighted by molar-refractivity contribution is 6.31. The molecule has 2 nitrogen and oxygen atoms in total. The Balaban J connectivity index is 1.97. The van der Waals surface area contributed by atoms with Gasteiger partial charge in [0.05, 0.1) is 18.3 Å². The maximum Gasteiger partial charge on any atom is 0.0687 e. The molecule has 3 aromatic rings. The van der Waals surface area contributed by atoms with Crippen LogP contribution in [0.3, 0.4) is 0 Å². The van der Waals surface area contributed by atoms with Crippen LogP contribution in [-0.2, 0) is 6.54 Å². The molecule has 0 fully saturated rings. The Morgan fingerprint density at radius 1 is 0.944 bits per heavy atom. The quantitative estimate of drug-likeness (QED) is 0.679. The number of halogens is 2. The van der Waals surface area contributed by atoms with Gasteiger partial charge in [-0.15, -0.1) is 0 Å². The highest BCUT2D eigenvalue weighted by Gasteiger charge is 2.03. The second kappa shape index (κ2) is 4.63. The van der Waals surface area contributed by atoms with Gasteiger partial charge in [0.15, 0.2) is 0 Å². The zero-order valence-electron chi connectivity index (χ0n) is 9.48. The Kier molecular flexibility index (Phi) is 2.98. The number of rotatable bonds is 2. The van der Waals surface area contributed by atoms with Crippen LogP contribution in [0, 0.1) is 0 Å². The van der Waals surface area contributed by atoms with Crippen molar-refractivity contribution >= 4 is 34.1 Å². The van der Waals surface area contributed by atoms with Crippen LogP contribution in [0.4, 0.5) is 0 Å². The molecule has 4 heteroatoms. The van der Waals surface area contributed by atoms with Gasteiger partial charge in [-0.25, -0.2) is 0 Å². The topological polar surface area (TPSA) is 17.8 Å². The van der Waals surface area contributed by atoms with Crippen molar-refractivity contribution in [2.45, 2.75) is 6.54 Å². The number of fused-ring (bicyclic) bond motifs is 1. The van der Waals surface area contributed by atoms with Gasteiger partial charge in [-0.05, 0) is 35.9 Å². The van der Waals surface area contributed by atoms with Crippen molar-refractivity contribution in [2.75, 3.05) is 0 Å². The number of benzene rings is 2. The summed E-state index contributed by atoms with van der Waals surface area (Å²) in [4.78, 5) is 0. The maximum atomic E-state index is 5.95. The van der Waals surface area contributed by atoms with E-state index in [0.717, 1.165) is 27.5 Å². The monoisotopic (exact) mass is 276 g/mol. The fourth-order valence-corrected chi connectivity index (χ4v) is 2.25. The lowest BCUT2D eigenvalue weighted by atomic mass is 10.2. The minimum atomic E-state index is 0.725. The maximum absolute atomic E-state index is 5.95. The van der Waals surface area contributed by atoms with Crippen LogP contribution in [-0.4, -0.2) is 9.78 Å². The Bertz CT molecular complexity index is 687. The molecule has 0 amide bonds. The average Bonchev–Trinajstić information content (AvgIpc) is 2.74. The van der Waals surface area contributed by atoms with Crippen LogP contribution in [0.2, 0.25) is 10.0 Å². The van der Waals surface area contributed by atoms with E-state index in [-0.39, 0.29) is 0 Å². The van der Waals surface area contributed by atoms with Gasteiger partial charge < -0.3 is 0 Å². The van der Waals surface area contributed by atoms with Crippen molar-refractivity contribution in [2.24, 2.45) is 0 Å². The molecule has 0 aliphatic heterocycles. The van der Waals surface area contributed by atoms with Crippen molar-refractivity contribution in [1.82, 2.24) is 9.78 Å². The molecule has 0 spiro atoms. The number of hydrogen-bond donors (Lipinski definition) is 0. The van der Waals surface area contributed by atoms with Crippen molar-refractivity contribution in [1.29, 1.82) is 0 Å². The highest BCUT2D eigenvalue weighted by atomic mass is 35.5. The molecule has 0 atom stereocenters. The summed E-state index contributed by atoms with van der Waals surface area (Å²) in [5.41, 5.74) is 2.24. The molecule has 3 rings (SSSR count). The zero-order chi connectivity index (χ0) is 12.5.